The van der Waals surface area contributed by atoms with Gasteiger partial charge in [-0.25, -0.2) is 0 Å². The van der Waals surface area contributed by atoms with E-state index in [9.17, 15) is 45.6 Å². The predicted octanol–water partition coefficient (Wildman–Crippen LogP) is 13.7. The average Bonchev–Trinajstić information content (AvgIpc) is 3.62. The maximum atomic E-state index is 13.3. The van der Waals surface area contributed by atoms with Crippen molar-refractivity contribution in [1.82, 2.24) is 5.32 Å². The standard InChI is InChI=1S/C70H127NO13/c1-3-5-7-9-11-13-15-17-19-21-23-25-27-28-29-30-32-34-36-38-40-42-44-46-48-50-52-54-62(75)71-58(57-81-69-67(80)65(78)68(61(56-73)83-69)84-70-66(79)64(77)63(76)60(55-72)82-70)59(74)53-51-49-47-45-43-41-39-37-35-33-31-26-24-22-20-18-16-14-12-10-8-6-4-2/h15,17,21,23,35,37,43,45,51,53,58-61,63-70,72-74,76-80H,3-14,16,18-20,22,24-34,36,38-42,44,46-50,52,54-57H2,1-2H3,(H,71,75)/b17-15-,23-21-,37-35+,45-43+,53-51+. The predicted molar refractivity (Wildman–Crippen MR) is 341 cm³/mol. The summed E-state index contributed by atoms with van der Waals surface area (Å²) < 4.78 is 22.8. The molecule has 0 radical (unpaired) electrons. The molecule has 2 aliphatic heterocycles. The van der Waals surface area contributed by atoms with Gasteiger partial charge in [0.05, 0.1) is 32.0 Å². The van der Waals surface area contributed by atoms with E-state index in [2.05, 4.69) is 67.8 Å². The largest absolute Gasteiger partial charge is 0.394 e. The highest BCUT2D eigenvalue weighted by Crippen LogP contribution is 2.30. The molecule has 2 rings (SSSR count). The van der Waals surface area contributed by atoms with Crippen molar-refractivity contribution in [2.75, 3.05) is 19.8 Å². The van der Waals surface area contributed by atoms with Gasteiger partial charge in [-0.15, -0.1) is 0 Å². The molecule has 1 amide bonds. The zero-order chi connectivity index (χ0) is 60.9. The minimum Gasteiger partial charge on any atom is -0.394 e. The second-order valence-corrected chi connectivity index (χ2v) is 24.3. The van der Waals surface area contributed by atoms with Gasteiger partial charge in [-0.3, -0.25) is 4.79 Å². The van der Waals surface area contributed by atoms with Gasteiger partial charge in [0.15, 0.2) is 12.6 Å². The molecule has 2 saturated heterocycles. The molecule has 2 fully saturated rings. The van der Waals surface area contributed by atoms with Crippen LogP contribution in [0.5, 0.6) is 0 Å². The van der Waals surface area contributed by atoms with Crippen LogP contribution in [0.25, 0.3) is 0 Å². The summed E-state index contributed by atoms with van der Waals surface area (Å²) in [5.74, 6) is -0.252. The Kier molecular flexibility index (Phi) is 50.8. The fourth-order valence-corrected chi connectivity index (χ4v) is 11.1. The fourth-order valence-electron chi connectivity index (χ4n) is 11.1. The third-order valence-electron chi connectivity index (χ3n) is 16.7. The van der Waals surface area contributed by atoms with Crippen molar-refractivity contribution in [2.45, 2.75) is 357 Å². The highest BCUT2D eigenvalue weighted by molar-refractivity contribution is 5.76. The van der Waals surface area contributed by atoms with Crippen molar-refractivity contribution < 1.29 is 64.6 Å². The van der Waals surface area contributed by atoms with Gasteiger partial charge in [0, 0.05) is 6.42 Å². The number of carbonyl (C=O) groups is 1. The van der Waals surface area contributed by atoms with Crippen LogP contribution in [0.4, 0.5) is 0 Å². The third kappa shape index (κ3) is 38.9. The smallest absolute Gasteiger partial charge is 0.220 e. The summed E-state index contributed by atoms with van der Waals surface area (Å²) in [5, 5.41) is 87.4. The first-order valence-electron chi connectivity index (χ1n) is 34.5. The number of aliphatic hydroxyl groups is 8. The van der Waals surface area contributed by atoms with Gasteiger partial charge >= 0.3 is 0 Å². The maximum Gasteiger partial charge on any atom is 0.220 e. The van der Waals surface area contributed by atoms with Crippen molar-refractivity contribution in [2.24, 2.45) is 0 Å². The Balaban J connectivity index is 1.71. The lowest BCUT2D eigenvalue weighted by Gasteiger charge is -2.46. The molecule has 0 saturated carbocycles. The number of amides is 1. The van der Waals surface area contributed by atoms with E-state index in [1.165, 1.54) is 199 Å². The lowest BCUT2D eigenvalue weighted by Crippen LogP contribution is -2.65. The zero-order valence-corrected chi connectivity index (χ0v) is 53.1. The number of aliphatic hydroxyl groups excluding tert-OH is 8. The average molecular weight is 1190 g/mol. The minimum absolute atomic E-state index is 0.252. The molecule has 12 unspecified atom stereocenters. The minimum atomic E-state index is -1.79. The van der Waals surface area contributed by atoms with Crippen LogP contribution in [-0.2, 0) is 23.7 Å². The van der Waals surface area contributed by atoms with E-state index in [0.29, 0.717) is 12.8 Å². The molecule has 2 heterocycles. The SMILES string of the molecule is CCCCCCC/C=C\C/C=C\CCCCCCCCCCCCCCCCCC(=O)NC(COC1OC(CO)C(OC2OC(CO)C(O)C(O)C2O)C(O)C1O)C(O)/C=C/CC/C=C/CC/C=C/CCCCCCCCCCCCCCC. The Labute approximate surface area is 511 Å². The van der Waals surface area contributed by atoms with Crippen LogP contribution < -0.4 is 5.32 Å². The van der Waals surface area contributed by atoms with Crippen LogP contribution in [0.3, 0.4) is 0 Å². The second-order valence-electron chi connectivity index (χ2n) is 24.3. The molecule has 14 heteroatoms. The molecule has 0 spiro atoms. The van der Waals surface area contributed by atoms with Crippen LogP contribution in [0.2, 0.25) is 0 Å². The van der Waals surface area contributed by atoms with Crippen LogP contribution in [0, 0.1) is 0 Å². The number of ether oxygens (including phenoxy) is 4. The molecular weight excluding hydrogens is 1060 g/mol. The van der Waals surface area contributed by atoms with Gasteiger partial charge in [0.1, 0.15) is 48.8 Å². The van der Waals surface area contributed by atoms with Crippen LogP contribution in [-0.4, -0.2) is 140 Å². The van der Waals surface area contributed by atoms with E-state index < -0.39 is 86.8 Å². The molecule has 84 heavy (non-hydrogen) atoms. The van der Waals surface area contributed by atoms with Crippen LogP contribution >= 0.6 is 0 Å². The molecule has 0 bridgehead atoms. The van der Waals surface area contributed by atoms with E-state index in [4.69, 9.17) is 18.9 Å². The molecule has 12 atom stereocenters. The molecule has 490 valence electrons. The number of carbonyl (C=O) groups excluding carboxylic acids is 1. The Morgan fingerprint density at radius 2 is 0.798 bits per heavy atom. The summed E-state index contributed by atoms with van der Waals surface area (Å²) in [6.07, 6.45) is 55.6. The first-order valence-corrected chi connectivity index (χ1v) is 34.5. The van der Waals surface area contributed by atoms with Gasteiger partial charge in [0.2, 0.25) is 5.91 Å². The first-order chi connectivity index (χ1) is 41.1. The molecule has 0 aromatic carbocycles. The summed E-state index contributed by atoms with van der Waals surface area (Å²) in [5.41, 5.74) is 0. The quantitative estimate of drug-likeness (QED) is 0.0204. The lowest BCUT2D eigenvalue weighted by molar-refractivity contribution is -0.359. The molecule has 2 aliphatic rings. The van der Waals surface area contributed by atoms with Gasteiger partial charge in [-0.1, -0.05) is 261 Å². The lowest BCUT2D eigenvalue weighted by atomic mass is 9.97. The zero-order valence-electron chi connectivity index (χ0n) is 53.1. The monoisotopic (exact) mass is 1190 g/mol. The third-order valence-corrected chi connectivity index (χ3v) is 16.7. The number of nitrogens with one attached hydrogen (secondary N) is 1. The Morgan fingerprint density at radius 1 is 0.429 bits per heavy atom. The highest BCUT2D eigenvalue weighted by Gasteiger charge is 2.51. The van der Waals surface area contributed by atoms with Crippen molar-refractivity contribution in [3.63, 3.8) is 0 Å². The Hall–Kier alpha value is -2.31. The van der Waals surface area contributed by atoms with E-state index in [1.807, 2.05) is 6.08 Å². The second kappa shape index (κ2) is 54.8. The Morgan fingerprint density at radius 3 is 1.24 bits per heavy atom. The summed E-state index contributed by atoms with van der Waals surface area (Å²) in [7, 11) is 0. The van der Waals surface area contributed by atoms with E-state index >= 15 is 0 Å². The summed E-state index contributed by atoms with van der Waals surface area (Å²) >= 11 is 0. The fraction of sp³-hybridized carbons (Fsp3) is 0.843. The number of allylic oxidation sites excluding steroid dienone is 9. The van der Waals surface area contributed by atoms with Gasteiger partial charge in [0.25, 0.3) is 0 Å². The number of unbranched alkanes of at least 4 members (excludes halogenated alkanes) is 35. The van der Waals surface area contributed by atoms with Gasteiger partial charge in [-0.05, 0) is 77.0 Å². The summed E-state index contributed by atoms with van der Waals surface area (Å²) in [4.78, 5) is 13.3. The summed E-state index contributed by atoms with van der Waals surface area (Å²) in [6, 6.07) is -0.941. The molecular formula is C70H127NO13. The van der Waals surface area contributed by atoms with Crippen molar-refractivity contribution >= 4 is 5.91 Å². The van der Waals surface area contributed by atoms with Gasteiger partial charge in [-0.2, -0.15) is 0 Å². The normalized spacial score (nSPS) is 24.0. The highest BCUT2D eigenvalue weighted by atomic mass is 16.7. The molecule has 0 aliphatic carbocycles. The summed E-state index contributed by atoms with van der Waals surface area (Å²) in [6.45, 7) is 2.79. The molecule has 14 nitrogen and oxygen atoms in total. The van der Waals surface area contributed by atoms with E-state index in [1.54, 1.807) is 6.08 Å². The van der Waals surface area contributed by atoms with Crippen molar-refractivity contribution in [3.8, 4) is 0 Å². The topological polar surface area (TPSA) is 228 Å². The van der Waals surface area contributed by atoms with Crippen molar-refractivity contribution in [1.29, 1.82) is 0 Å². The van der Waals surface area contributed by atoms with E-state index in [-0.39, 0.29) is 18.9 Å². The number of hydrogen-bond acceptors (Lipinski definition) is 13. The van der Waals surface area contributed by atoms with Crippen LogP contribution in [0.15, 0.2) is 60.8 Å². The first kappa shape index (κ1) is 77.8. The maximum absolute atomic E-state index is 13.3. The Bertz CT molecular complexity index is 1640. The van der Waals surface area contributed by atoms with Crippen LogP contribution in [0.1, 0.15) is 284 Å². The molecule has 0 aromatic rings. The molecule has 0 aromatic heterocycles. The number of rotatable bonds is 56. The van der Waals surface area contributed by atoms with E-state index in [0.717, 1.165) is 51.4 Å². The molecule has 9 N–H and O–H groups in total. The van der Waals surface area contributed by atoms with Gasteiger partial charge < -0.3 is 65.1 Å². The number of hydrogen-bond donors (Lipinski definition) is 9. The van der Waals surface area contributed by atoms with Crippen molar-refractivity contribution in [3.05, 3.63) is 60.8 Å².